The van der Waals surface area contributed by atoms with E-state index in [9.17, 15) is 13.2 Å². The largest absolute Gasteiger partial charge is 0.465 e. The molecule has 0 saturated carbocycles. The number of hydrogen-bond donors (Lipinski definition) is 1. The molecule has 1 fully saturated rings. The quantitative estimate of drug-likeness (QED) is 0.669. The average Bonchev–Trinajstić information content (AvgIpc) is 2.45. The highest BCUT2D eigenvalue weighted by atomic mass is 19.4. The van der Waals surface area contributed by atoms with E-state index in [0.717, 1.165) is 37.4 Å². The van der Waals surface area contributed by atoms with Crippen LogP contribution in [0.2, 0.25) is 0 Å². The number of ether oxygens (including phenoxy) is 2. The highest BCUT2D eigenvalue weighted by molar-refractivity contribution is 5.60. The first-order valence-electron chi connectivity index (χ1n) is 6.79. The first-order chi connectivity index (χ1) is 9.96. The van der Waals surface area contributed by atoms with Crippen LogP contribution in [0.15, 0.2) is 18.2 Å². The third-order valence-corrected chi connectivity index (χ3v) is 3.14. The molecule has 0 radical (unpaired) electrons. The number of halogens is 3. The fraction of sp³-hybridized carbons (Fsp3) is 0.571. The SMILES string of the molecule is Cc1ccc(OCOCC(F)(F)F)c(N2CCNCC2)c1. The maximum Gasteiger partial charge on any atom is 0.411 e. The summed E-state index contributed by atoms with van der Waals surface area (Å²) in [6.45, 7) is 3.67. The van der Waals surface area contributed by atoms with Gasteiger partial charge < -0.3 is 19.7 Å². The zero-order chi connectivity index (χ0) is 15.3. The van der Waals surface area contributed by atoms with Crippen molar-refractivity contribution in [2.24, 2.45) is 0 Å². The van der Waals surface area contributed by atoms with Gasteiger partial charge in [-0.25, -0.2) is 0 Å². The van der Waals surface area contributed by atoms with E-state index >= 15 is 0 Å². The Labute approximate surface area is 121 Å². The van der Waals surface area contributed by atoms with Crippen molar-refractivity contribution in [1.29, 1.82) is 0 Å². The second-order valence-corrected chi connectivity index (χ2v) is 4.93. The molecule has 1 saturated heterocycles. The molecule has 0 amide bonds. The van der Waals surface area contributed by atoms with Gasteiger partial charge in [0, 0.05) is 26.2 Å². The molecule has 0 aliphatic carbocycles. The second-order valence-electron chi connectivity index (χ2n) is 4.93. The van der Waals surface area contributed by atoms with Gasteiger partial charge in [-0.15, -0.1) is 0 Å². The van der Waals surface area contributed by atoms with E-state index in [1.165, 1.54) is 0 Å². The van der Waals surface area contributed by atoms with Gasteiger partial charge in [-0.1, -0.05) is 6.07 Å². The first kappa shape index (κ1) is 15.9. The Kier molecular flexibility index (Phi) is 5.30. The van der Waals surface area contributed by atoms with Crippen LogP contribution in [-0.2, 0) is 4.74 Å². The number of piperazine rings is 1. The molecule has 1 aromatic rings. The molecular formula is C14H19F3N2O2. The Hall–Kier alpha value is -1.47. The van der Waals surface area contributed by atoms with Crippen molar-refractivity contribution < 1.29 is 22.6 Å². The smallest absolute Gasteiger partial charge is 0.411 e. The Morgan fingerprint density at radius 1 is 1.24 bits per heavy atom. The molecule has 0 spiro atoms. The van der Waals surface area contributed by atoms with Crippen molar-refractivity contribution in [2.75, 3.05) is 44.5 Å². The summed E-state index contributed by atoms with van der Waals surface area (Å²) >= 11 is 0. The molecule has 0 atom stereocenters. The minimum Gasteiger partial charge on any atom is -0.465 e. The first-order valence-corrected chi connectivity index (χ1v) is 6.79. The van der Waals surface area contributed by atoms with Crippen molar-refractivity contribution in [3.8, 4) is 5.75 Å². The summed E-state index contributed by atoms with van der Waals surface area (Å²) in [7, 11) is 0. The molecule has 0 aromatic heterocycles. The van der Waals surface area contributed by atoms with Crippen LogP contribution in [0.4, 0.5) is 18.9 Å². The fourth-order valence-electron chi connectivity index (χ4n) is 2.16. The van der Waals surface area contributed by atoms with Crippen LogP contribution in [0.3, 0.4) is 0 Å². The highest BCUT2D eigenvalue weighted by Crippen LogP contribution is 2.30. The van der Waals surface area contributed by atoms with Gasteiger partial charge >= 0.3 is 6.18 Å². The van der Waals surface area contributed by atoms with E-state index in [0.29, 0.717) is 5.75 Å². The number of nitrogens with zero attached hydrogens (tertiary/aromatic N) is 1. The molecule has 4 nitrogen and oxygen atoms in total. The fourth-order valence-corrected chi connectivity index (χ4v) is 2.16. The van der Waals surface area contributed by atoms with Crippen LogP contribution >= 0.6 is 0 Å². The third-order valence-electron chi connectivity index (χ3n) is 3.14. The lowest BCUT2D eigenvalue weighted by molar-refractivity contribution is -0.186. The number of aryl methyl sites for hydroxylation is 1. The molecule has 118 valence electrons. The summed E-state index contributed by atoms with van der Waals surface area (Å²) in [6, 6.07) is 5.61. The molecule has 1 aliphatic rings. The van der Waals surface area contributed by atoms with Gasteiger partial charge in [0.1, 0.15) is 12.4 Å². The number of hydrogen-bond acceptors (Lipinski definition) is 4. The minimum atomic E-state index is -4.34. The highest BCUT2D eigenvalue weighted by Gasteiger charge is 2.27. The molecule has 1 aliphatic heterocycles. The topological polar surface area (TPSA) is 33.7 Å². The predicted molar refractivity (Wildman–Crippen MR) is 73.8 cm³/mol. The second kappa shape index (κ2) is 7.00. The molecule has 1 N–H and O–H groups in total. The van der Waals surface area contributed by atoms with E-state index in [1.54, 1.807) is 6.07 Å². The molecule has 2 rings (SSSR count). The number of rotatable bonds is 5. The van der Waals surface area contributed by atoms with Crippen molar-refractivity contribution in [3.63, 3.8) is 0 Å². The third kappa shape index (κ3) is 5.09. The summed E-state index contributed by atoms with van der Waals surface area (Å²) in [5.41, 5.74) is 1.97. The molecule has 0 bridgehead atoms. The van der Waals surface area contributed by atoms with E-state index in [2.05, 4.69) is 15.0 Å². The molecule has 0 unspecified atom stereocenters. The molecule has 7 heteroatoms. The van der Waals surface area contributed by atoms with E-state index in [1.807, 2.05) is 19.1 Å². The van der Waals surface area contributed by atoms with Gasteiger partial charge in [0.25, 0.3) is 0 Å². The molecular weight excluding hydrogens is 285 g/mol. The Morgan fingerprint density at radius 3 is 2.62 bits per heavy atom. The van der Waals surface area contributed by atoms with Crippen molar-refractivity contribution >= 4 is 5.69 Å². The zero-order valence-electron chi connectivity index (χ0n) is 11.9. The molecule has 1 aromatic carbocycles. The maximum atomic E-state index is 12.0. The summed E-state index contributed by atoms with van der Waals surface area (Å²) in [5.74, 6) is 0.546. The van der Waals surface area contributed by atoms with Crippen molar-refractivity contribution in [1.82, 2.24) is 5.32 Å². The predicted octanol–water partition coefficient (Wildman–Crippen LogP) is 2.32. The number of benzene rings is 1. The van der Waals surface area contributed by atoms with E-state index in [-0.39, 0.29) is 0 Å². The minimum absolute atomic E-state index is 0.415. The normalized spacial score (nSPS) is 16.1. The monoisotopic (exact) mass is 304 g/mol. The van der Waals surface area contributed by atoms with Crippen LogP contribution in [0, 0.1) is 6.92 Å². The van der Waals surface area contributed by atoms with Crippen molar-refractivity contribution in [2.45, 2.75) is 13.1 Å². The van der Waals surface area contributed by atoms with Crippen LogP contribution < -0.4 is 15.0 Å². The summed E-state index contributed by atoms with van der Waals surface area (Å²) in [4.78, 5) is 2.16. The van der Waals surface area contributed by atoms with Gasteiger partial charge in [0.2, 0.25) is 0 Å². The Bertz CT molecular complexity index is 460. The maximum absolute atomic E-state index is 12.0. The van der Waals surface area contributed by atoms with Crippen molar-refractivity contribution in [3.05, 3.63) is 23.8 Å². The van der Waals surface area contributed by atoms with Gasteiger partial charge in [0.15, 0.2) is 6.79 Å². The van der Waals surface area contributed by atoms with Gasteiger partial charge in [-0.3, -0.25) is 0 Å². The average molecular weight is 304 g/mol. The Balaban J connectivity index is 1.98. The standard InChI is InChI=1S/C14H19F3N2O2/c1-11-2-3-13(21-10-20-9-14(15,16)17)12(8-11)19-6-4-18-5-7-19/h2-3,8,18H,4-7,9-10H2,1H3. The number of alkyl halides is 3. The van der Waals surface area contributed by atoms with Crippen LogP contribution in [0.25, 0.3) is 0 Å². The lowest BCUT2D eigenvalue weighted by Crippen LogP contribution is -2.43. The lowest BCUT2D eigenvalue weighted by atomic mass is 10.1. The number of nitrogens with one attached hydrogen (secondary N) is 1. The lowest BCUT2D eigenvalue weighted by Gasteiger charge is -2.31. The number of anilines is 1. The van der Waals surface area contributed by atoms with Gasteiger partial charge in [-0.2, -0.15) is 13.2 Å². The van der Waals surface area contributed by atoms with Gasteiger partial charge in [-0.05, 0) is 24.6 Å². The van der Waals surface area contributed by atoms with Crippen LogP contribution in [0.5, 0.6) is 5.75 Å². The summed E-state index contributed by atoms with van der Waals surface area (Å²) in [5, 5.41) is 3.26. The molecule has 21 heavy (non-hydrogen) atoms. The van der Waals surface area contributed by atoms with Crippen LogP contribution in [-0.4, -0.2) is 45.8 Å². The van der Waals surface area contributed by atoms with Gasteiger partial charge in [0.05, 0.1) is 5.69 Å². The van der Waals surface area contributed by atoms with E-state index in [4.69, 9.17) is 4.74 Å². The zero-order valence-corrected chi connectivity index (χ0v) is 11.9. The van der Waals surface area contributed by atoms with E-state index < -0.39 is 19.6 Å². The molecule has 1 heterocycles. The summed E-state index contributed by atoms with van der Waals surface area (Å²) < 4.78 is 45.9. The summed E-state index contributed by atoms with van der Waals surface area (Å²) in [6.07, 6.45) is -4.34. The van der Waals surface area contributed by atoms with Crippen LogP contribution in [0.1, 0.15) is 5.56 Å². The Morgan fingerprint density at radius 2 is 1.95 bits per heavy atom.